The molecule has 2 heterocycles. The average molecular weight is 398 g/mol. The van der Waals surface area contributed by atoms with E-state index in [1.54, 1.807) is 24.1 Å². The van der Waals surface area contributed by atoms with Crippen LogP contribution in [0.5, 0.6) is 11.5 Å². The van der Waals surface area contributed by atoms with Crippen LogP contribution in [0.3, 0.4) is 0 Å². The lowest BCUT2D eigenvalue weighted by molar-refractivity contribution is -0.135. The van der Waals surface area contributed by atoms with Gasteiger partial charge in [0.1, 0.15) is 11.6 Å². The van der Waals surface area contributed by atoms with Gasteiger partial charge in [-0.05, 0) is 24.3 Å². The molecule has 3 aromatic rings. The summed E-state index contributed by atoms with van der Waals surface area (Å²) in [5.74, 6) is 1.17. The van der Waals surface area contributed by atoms with Crippen molar-refractivity contribution in [1.82, 2.24) is 19.8 Å². The molecule has 1 saturated heterocycles. The molecule has 4 rings (SSSR count). The Morgan fingerprint density at radius 3 is 2.72 bits per heavy atom. The van der Waals surface area contributed by atoms with Gasteiger partial charge in [0.15, 0.2) is 18.2 Å². The van der Waals surface area contributed by atoms with Gasteiger partial charge in [0.2, 0.25) is 0 Å². The number of ether oxygens (including phenoxy) is 2. The van der Waals surface area contributed by atoms with Gasteiger partial charge in [0.25, 0.3) is 5.91 Å². The summed E-state index contributed by atoms with van der Waals surface area (Å²) in [4.78, 5) is 24.3. The van der Waals surface area contributed by atoms with Gasteiger partial charge in [-0.2, -0.15) is 0 Å². The summed E-state index contributed by atoms with van der Waals surface area (Å²) in [6.45, 7) is 3.22. The van der Waals surface area contributed by atoms with E-state index in [9.17, 15) is 9.18 Å². The van der Waals surface area contributed by atoms with Crippen molar-refractivity contribution in [1.29, 1.82) is 0 Å². The normalized spacial score (nSPS) is 14.9. The maximum atomic E-state index is 13.6. The van der Waals surface area contributed by atoms with Crippen LogP contribution in [0.4, 0.5) is 4.39 Å². The molecule has 0 atom stereocenters. The molecule has 7 nitrogen and oxygen atoms in total. The standard InChI is InChI=1S/C21H23FN4O3/c1-28-15-6-7-17-18(12-15)24-20(23-17)13-25-8-10-26(11-9-25)21(27)14-29-19-5-3-2-4-16(19)22/h2-7,12H,8-11,13-14H2,1H3,(H,23,24). The van der Waals surface area contributed by atoms with Crippen LogP contribution in [0.2, 0.25) is 0 Å². The third kappa shape index (κ3) is 4.48. The molecule has 0 aliphatic carbocycles. The zero-order valence-corrected chi connectivity index (χ0v) is 16.2. The quantitative estimate of drug-likeness (QED) is 0.691. The van der Waals surface area contributed by atoms with E-state index in [1.165, 1.54) is 12.1 Å². The van der Waals surface area contributed by atoms with Gasteiger partial charge < -0.3 is 19.4 Å². The number of halogens is 1. The molecule has 0 radical (unpaired) electrons. The van der Waals surface area contributed by atoms with Crippen LogP contribution >= 0.6 is 0 Å². The lowest BCUT2D eigenvalue weighted by Crippen LogP contribution is -2.49. The molecular weight excluding hydrogens is 375 g/mol. The first-order valence-electron chi connectivity index (χ1n) is 9.52. The number of carbonyl (C=O) groups excluding carboxylic acids is 1. The van der Waals surface area contributed by atoms with E-state index in [-0.39, 0.29) is 18.3 Å². The SMILES string of the molecule is COc1ccc2nc(CN3CCN(C(=O)COc4ccccc4F)CC3)[nH]c2c1. The molecule has 1 amide bonds. The van der Waals surface area contributed by atoms with E-state index in [0.717, 1.165) is 35.7 Å². The molecule has 152 valence electrons. The maximum absolute atomic E-state index is 13.6. The lowest BCUT2D eigenvalue weighted by Gasteiger charge is -2.34. The van der Waals surface area contributed by atoms with Crippen molar-refractivity contribution >= 4 is 16.9 Å². The van der Waals surface area contributed by atoms with E-state index in [1.807, 2.05) is 18.2 Å². The minimum Gasteiger partial charge on any atom is -0.497 e. The van der Waals surface area contributed by atoms with Gasteiger partial charge in [0, 0.05) is 32.2 Å². The van der Waals surface area contributed by atoms with Crippen LogP contribution in [0.15, 0.2) is 42.5 Å². The van der Waals surface area contributed by atoms with Gasteiger partial charge in [-0.1, -0.05) is 12.1 Å². The summed E-state index contributed by atoms with van der Waals surface area (Å²) in [7, 11) is 1.64. The van der Waals surface area contributed by atoms with Crippen LogP contribution in [0.1, 0.15) is 5.82 Å². The number of methoxy groups -OCH3 is 1. The fraction of sp³-hybridized carbons (Fsp3) is 0.333. The Balaban J connectivity index is 1.28. The average Bonchev–Trinajstić information content (AvgIpc) is 3.14. The number of imidazole rings is 1. The number of H-pyrrole nitrogens is 1. The van der Waals surface area contributed by atoms with Crippen LogP contribution < -0.4 is 9.47 Å². The summed E-state index contributed by atoms with van der Waals surface area (Å²) in [5.41, 5.74) is 1.85. The number of rotatable bonds is 6. The van der Waals surface area contributed by atoms with Crippen molar-refractivity contribution in [2.45, 2.75) is 6.54 Å². The Kier molecular flexibility index (Phi) is 5.62. The van der Waals surface area contributed by atoms with Gasteiger partial charge in [-0.3, -0.25) is 9.69 Å². The number of aromatic amines is 1. The van der Waals surface area contributed by atoms with E-state index in [0.29, 0.717) is 19.6 Å². The van der Waals surface area contributed by atoms with Crippen molar-refractivity contribution in [2.24, 2.45) is 0 Å². The van der Waals surface area contributed by atoms with E-state index >= 15 is 0 Å². The highest BCUT2D eigenvalue weighted by Crippen LogP contribution is 2.20. The smallest absolute Gasteiger partial charge is 0.260 e. The molecule has 2 aromatic carbocycles. The number of nitrogens with zero attached hydrogens (tertiary/aromatic N) is 3. The third-order valence-corrected chi connectivity index (χ3v) is 5.02. The topological polar surface area (TPSA) is 70.7 Å². The molecule has 1 aliphatic rings. The molecule has 1 aromatic heterocycles. The number of aromatic nitrogens is 2. The molecule has 1 fully saturated rings. The first-order valence-corrected chi connectivity index (χ1v) is 9.52. The number of hydrogen-bond donors (Lipinski definition) is 1. The minimum atomic E-state index is -0.464. The second-order valence-electron chi connectivity index (χ2n) is 6.94. The molecule has 0 bridgehead atoms. The van der Waals surface area contributed by atoms with Crippen LogP contribution in [-0.2, 0) is 11.3 Å². The summed E-state index contributed by atoms with van der Waals surface area (Å²) < 4.78 is 24.2. The molecule has 1 N–H and O–H groups in total. The van der Waals surface area contributed by atoms with Gasteiger partial charge in [-0.25, -0.2) is 9.37 Å². The predicted molar refractivity (Wildman–Crippen MR) is 106 cm³/mol. The summed E-state index contributed by atoms with van der Waals surface area (Å²) >= 11 is 0. The van der Waals surface area contributed by atoms with Gasteiger partial charge >= 0.3 is 0 Å². The van der Waals surface area contributed by atoms with Crippen molar-refractivity contribution in [3.05, 3.63) is 54.1 Å². The summed E-state index contributed by atoms with van der Waals surface area (Å²) in [6, 6.07) is 11.8. The van der Waals surface area contributed by atoms with E-state index < -0.39 is 5.82 Å². The van der Waals surface area contributed by atoms with Crippen molar-refractivity contribution in [3.63, 3.8) is 0 Å². The highest BCUT2D eigenvalue weighted by molar-refractivity contribution is 5.78. The highest BCUT2D eigenvalue weighted by atomic mass is 19.1. The van der Waals surface area contributed by atoms with Gasteiger partial charge in [0.05, 0.1) is 24.7 Å². The minimum absolute atomic E-state index is 0.0981. The van der Waals surface area contributed by atoms with Crippen molar-refractivity contribution in [3.8, 4) is 11.5 Å². The lowest BCUT2D eigenvalue weighted by atomic mass is 10.3. The molecule has 0 unspecified atom stereocenters. The highest BCUT2D eigenvalue weighted by Gasteiger charge is 2.22. The monoisotopic (exact) mass is 398 g/mol. The van der Waals surface area contributed by atoms with Crippen LogP contribution in [0.25, 0.3) is 11.0 Å². The fourth-order valence-electron chi connectivity index (χ4n) is 3.40. The van der Waals surface area contributed by atoms with Crippen molar-refractivity contribution in [2.75, 3.05) is 39.9 Å². The second kappa shape index (κ2) is 8.48. The molecular formula is C21H23FN4O3. The molecule has 0 saturated carbocycles. The number of fused-ring (bicyclic) bond motifs is 1. The first kappa shape index (κ1) is 19.2. The summed E-state index contributed by atoms with van der Waals surface area (Å²) in [5, 5.41) is 0. The Labute approximate surface area is 168 Å². The zero-order chi connectivity index (χ0) is 20.2. The Bertz CT molecular complexity index is 999. The Morgan fingerprint density at radius 2 is 1.97 bits per heavy atom. The number of benzene rings is 2. The summed E-state index contributed by atoms with van der Waals surface area (Å²) in [6.07, 6.45) is 0. The Hall–Kier alpha value is -3.13. The third-order valence-electron chi connectivity index (χ3n) is 5.02. The van der Waals surface area contributed by atoms with Crippen LogP contribution in [-0.4, -0.2) is 65.6 Å². The zero-order valence-electron chi connectivity index (χ0n) is 16.2. The molecule has 0 spiro atoms. The van der Waals surface area contributed by atoms with E-state index in [2.05, 4.69) is 14.9 Å². The predicted octanol–water partition coefficient (Wildman–Crippen LogP) is 2.43. The first-order chi connectivity index (χ1) is 14.1. The van der Waals surface area contributed by atoms with Crippen molar-refractivity contribution < 1.29 is 18.7 Å². The molecule has 1 aliphatic heterocycles. The molecule has 8 heteroatoms. The number of carbonyl (C=O) groups is 1. The number of para-hydroxylation sites is 1. The second-order valence-corrected chi connectivity index (χ2v) is 6.94. The van der Waals surface area contributed by atoms with E-state index in [4.69, 9.17) is 9.47 Å². The Morgan fingerprint density at radius 1 is 1.17 bits per heavy atom. The number of hydrogen-bond acceptors (Lipinski definition) is 5. The van der Waals surface area contributed by atoms with Gasteiger partial charge in [-0.15, -0.1) is 0 Å². The molecule has 29 heavy (non-hydrogen) atoms. The van der Waals surface area contributed by atoms with Crippen LogP contribution in [0, 0.1) is 5.82 Å². The maximum Gasteiger partial charge on any atom is 0.260 e. The fourth-order valence-corrected chi connectivity index (χ4v) is 3.40. The number of nitrogens with one attached hydrogen (secondary N) is 1. The number of amides is 1. The number of piperazine rings is 1. The largest absolute Gasteiger partial charge is 0.497 e.